The maximum absolute atomic E-state index is 13.0. The Hall–Kier alpha value is -3.01. The maximum Gasteiger partial charge on any atom is 0.268 e. The molecule has 1 heterocycles. The normalized spacial score (nSPS) is 11.1. The van der Waals surface area contributed by atoms with Crippen LogP contribution >= 0.6 is 22.9 Å². The van der Waals surface area contributed by atoms with Crippen molar-refractivity contribution >= 4 is 40.1 Å². The highest BCUT2D eigenvalue weighted by molar-refractivity contribution is 7.15. The van der Waals surface area contributed by atoms with E-state index in [9.17, 15) is 14.4 Å². The number of aromatic nitrogens is 1. The van der Waals surface area contributed by atoms with Crippen molar-refractivity contribution in [3.63, 3.8) is 0 Å². The van der Waals surface area contributed by atoms with Crippen molar-refractivity contribution in [2.24, 2.45) is 0 Å². The molecule has 7 heteroatoms. The van der Waals surface area contributed by atoms with Gasteiger partial charge in [0.1, 0.15) is 17.5 Å². The quantitative estimate of drug-likeness (QED) is 0.482. The molecule has 134 valence electrons. The van der Waals surface area contributed by atoms with Crippen molar-refractivity contribution in [3.05, 3.63) is 87.1 Å². The molecule has 1 N–H and O–H groups in total. The number of nitrogens with one attached hydrogen (secondary N) is 1. The first-order valence-corrected chi connectivity index (χ1v) is 9.11. The summed E-state index contributed by atoms with van der Waals surface area (Å²) in [5.41, 5.74) is 1.60. The van der Waals surface area contributed by atoms with E-state index in [1.165, 1.54) is 29.5 Å². The molecule has 0 fully saturated rings. The smallest absolute Gasteiger partial charge is 0.268 e. The van der Waals surface area contributed by atoms with Crippen LogP contribution in [0.15, 0.2) is 60.3 Å². The number of carbonyl (C=O) groups is 1. The first-order valence-electron chi connectivity index (χ1n) is 7.91. The molecule has 1 amide bonds. The van der Waals surface area contributed by atoms with Crippen molar-refractivity contribution in [1.29, 1.82) is 5.26 Å². The molecule has 1 aromatic heterocycles. The maximum atomic E-state index is 13.0. The van der Waals surface area contributed by atoms with Crippen LogP contribution in [0.1, 0.15) is 16.0 Å². The van der Waals surface area contributed by atoms with Crippen LogP contribution in [0.3, 0.4) is 0 Å². The van der Waals surface area contributed by atoms with Gasteiger partial charge < -0.3 is 0 Å². The number of rotatable bonds is 5. The van der Waals surface area contributed by atoms with Crippen LogP contribution in [0, 0.1) is 17.1 Å². The molecule has 0 atom stereocenters. The molecule has 0 aliphatic rings. The third-order valence-electron chi connectivity index (χ3n) is 3.61. The minimum Gasteiger partial charge on any atom is -0.297 e. The number of nitrogens with zero attached hydrogens (tertiary/aromatic N) is 2. The summed E-state index contributed by atoms with van der Waals surface area (Å²) < 4.78 is 13.0. The molecule has 0 unspecified atom stereocenters. The van der Waals surface area contributed by atoms with Gasteiger partial charge in [-0.05, 0) is 41.5 Å². The van der Waals surface area contributed by atoms with E-state index in [-0.39, 0.29) is 11.4 Å². The van der Waals surface area contributed by atoms with E-state index in [4.69, 9.17) is 11.6 Å². The molecule has 0 bridgehead atoms. The average Bonchev–Trinajstić information content (AvgIpc) is 3.10. The largest absolute Gasteiger partial charge is 0.297 e. The number of hydrogen-bond acceptors (Lipinski definition) is 4. The Kier molecular flexibility index (Phi) is 5.97. The second kappa shape index (κ2) is 8.58. The van der Waals surface area contributed by atoms with Gasteiger partial charge in [0.25, 0.3) is 5.91 Å². The van der Waals surface area contributed by atoms with E-state index in [1.807, 2.05) is 6.07 Å². The molecule has 2 aromatic carbocycles. The number of carbonyl (C=O) groups excluding carboxylic acids is 1. The standard InChI is InChI=1S/C20H13ClFN3OS/c21-16-5-1-13(2-6-16)9-15(11-23)19(26)25-20-24-12-18(27-20)10-14-3-7-17(22)8-4-14/h1-9,12H,10H2,(H,24,25,26). The van der Waals surface area contributed by atoms with Gasteiger partial charge in [0, 0.05) is 22.5 Å². The predicted octanol–water partition coefficient (Wildman–Crippen LogP) is 5.07. The molecular weight excluding hydrogens is 385 g/mol. The monoisotopic (exact) mass is 397 g/mol. The lowest BCUT2D eigenvalue weighted by Gasteiger charge is -2.01. The van der Waals surface area contributed by atoms with Gasteiger partial charge in [-0.2, -0.15) is 5.26 Å². The zero-order valence-electron chi connectivity index (χ0n) is 13.9. The Bertz CT molecular complexity index is 1020. The average molecular weight is 398 g/mol. The van der Waals surface area contributed by atoms with Crippen LogP contribution in [-0.4, -0.2) is 10.9 Å². The van der Waals surface area contributed by atoms with Crippen molar-refractivity contribution in [3.8, 4) is 6.07 Å². The van der Waals surface area contributed by atoms with Gasteiger partial charge in [-0.1, -0.05) is 35.9 Å². The highest BCUT2D eigenvalue weighted by atomic mass is 35.5. The van der Waals surface area contributed by atoms with Gasteiger partial charge >= 0.3 is 0 Å². The van der Waals surface area contributed by atoms with Crippen LogP contribution in [-0.2, 0) is 11.2 Å². The Morgan fingerprint density at radius 3 is 2.59 bits per heavy atom. The molecule has 3 aromatic rings. The highest BCUT2D eigenvalue weighted by Gasteiger charge is 2.12. The van der Waals surface area contributed by atoms with Crippen LogP contribution < -0.4 is 5.32 Å². The topological polar surface area (TPSA) is 65.8 Å². The first kappa shape index (κ1) is 18.8. The summed E-state index contributed by atoms with van der Waals surface area (Å²) in [6.45, 7) is 0. The van der Waals surface area contributed by atoms with Crippen LogP contribution in [0.2, 0.25) is 5.02 Å². The fourth-order valence-electron chi connectivity index (χ4n) is 2.29. The summed E-state index contributed by atoms with van der Waals surface area (Å²) in [4.78, 5) is 17.4. The molecule has 0 aliphatic carbocycles. The minimum atomic E-state index is -0.532. The van der Waals surface area contributed by atoms with Crippen LogP contribution in [0.4, 0.5) is 9.52 Å². The summed E-state index contributed by atoms with van der Waals surface area (Å²) in [6, 6.07) is 14.9. The predicted molar refractivity (Wildman–Crippen MR) is 105 cm³/mol. The molecule has 0 radical (unpaired) electrons. The van der Waals surface area contributed by atoms with Gasteiger partial charge in [-0.3, -0.25) is 10.1 Å². The van der Waals surface area contributed by atoms with Crippen molar-refractivity contribution in [1.82, 2.24) is 4.98 Å². The second-order valence-corrected chi connectivity index (χ2v) is 7.16. The van der Waals surface area contributed by atoms with E-state index in [0.29, 0.717) is 22.1 Å². The van der Waals surface area contributed by atoms with Gasteiger partial charge in [-0.25, -0.2) is 9.37 Å². The first-order chi connectivity index (χ1) is 13.0. The van der Waals surface area contributed by atoms with Gasteiger partial charge in [0.15, 0.2) is 5.13 Å². The summed E-state index contributed by atoms with van der Waals surface area (Å²) in [5, 5.41) is 12.9. The molecule has 4 nitrogen and oxygen atoms in total. The zero-order chi connectivity index (χ0) is 19.2. The Morgan fingerprint density at radius 2 is 1.93 bits per heavy atom. The van der Waals surface area contributed by atoms with Crippen LogP contribution in [0.5, 0.6) is 0 Å². The number of benzene rings is 2. The lowest BCUT2D eigenvalue weighted by molar-refractivity contribution is -0.112. The second-order valence-electron chi connectivity index (χ2n) is 5.61. The Morgan fingerprint density at radius 1 is 1.22 bits per heavy atom. The Balaban J connectivity index is 1.68. The number of nitriles is 1. The van der Waals surface area contributed by atoms with Crippen molar-refractivity contribution in [2.75, 3.05) is 5.32 Å². The number of amides is 1. The molecular formula is C20H13ClFN3OS. The number of thiazole rings is 1. The summed E-state index contributed by atoms with van der Waals surface area (Å²) >= 11 is 7.14. The molecule has 0 aliphatic heterocycles. The summed E-state index contributed by atoms with van der Waals surface area (Å²) in [5.74, 6) is -0.817. The third kappa shape index (κ3) is 5.23. The highest BCUT2D eigenvalue weighted by Crippen LogP contribution is 2.22. The van der Waals surface area contributed by atoms with Gasteiger partial charge in [-0.15, -0.1) is 11.3 Å². The number of hydrogen-bond donors (Lipinski definition) is 1. The van der Waals surface area contributed by atoms with E-state index >= 15 is 0 Å². The molecule has 0 spiro atoms. The molecule has 0 saturated heterocycles. The molecule has 3 rings (SSSR count). The fourth-order valence-corrected chi connectivity index (χ4v) is 3.26. The van der Waals surface area contributed by atoms with Gasteiger partial charge in [0.2, 0.25) is 0 Å². The molecule has 27 heavy (non-hydrogen) atoms. The zero-order valence-corrected chi connectivity index (χ0v) is 15.5. The lowest BCUT2D eigenvalue weighted by Crippen LogP contribution is -2.13. The van der Waals surface area contributed by atoms with E-state index in [1.54, 1.807) is 42.6 Å². The number of halogens is 2. The van der Waals surface area contributed by atoms with E-state index in [2.05, 4.69) is 10.3 Å². The van der Waals surface area contributed by atoms with E-state index in [0.717, 1.165) is 10.4 Å². The minimum absolute atomic E-state index is 0.0346. The summed E-state index contributed by atoms with van der Waals surface area (Å²) in [6.07, 6.45) is 3.72. The SMILES string of the molecule is N#CC(=Cc1ccc(Cl)cc1)C(=O)Nc1ncc(Cc2ccc(F)cc2)s1. The van der Waals surface area contributed by atoms with Crippen LogP contribution in [0.25, 0.3) is 6.08 Å². The number of anilines is 1. The third-order valence-corrected chi connectivity index (χ3v) is 4.78. The summed E-state index contributed by atoms with van der Waals surface area (Å²) in [7, 11) is 0. The van der Waals surface area contributed by atoms with E-state index < -0.39 is 5.91 Å². The lowest BCUT2D eigenvalue weighted by atomic mass is 10.1. The van der Waals surface area contributed by atoms with Gasteiger partial charge in [0.05, 0.1) is 0 Å². The fraction of sp³-hybridized carbons (Fsp3) is 0.0500. The Labute approximate surface area is 164 Å². The van der Waals surface area contributed by atoms with Crippen molar-refractivity contribution < 1.29 is 9.18 Å². The van der Waals surface area contributed by atoms with Crippen molar-refractivity contribution in [2.45, 2.75) is 6.42 Å². The molecule has 0 saturated carbocycles.